The number of carbonyl (C=O) groups excluding carboxylic acids is 1. The summed E-state index contributed by atoms with van der Waals surface area (Å²) in [7, 11) is -1.61. The molecule has 0 spiro atoms. The van der Waals surface area contributed by atoms with Crippen LogP contribution in [0.2, 0.25) is 0 Å². The van der Waals surface area contributed by atoms with Crippen molar-refractivity contribution in [1.29, 1.82) is 0 Å². The van der Waals surface area contributed by atoms with E-state index in [2.05, 4.69) is 20.2 Å². The molecule has 8 nitrogen and oxygen atoms in total. The highest BCUT2D eigenvalue weighted by atomic mass is 32.2. The van der Waals surface area contributed by atoms with Gasteiger partial charge in [-0.25, -0.2) is 18.2 Å². The van der Waals surface area contributed by atoms with Gasteiger partial charge in [0.2, 0.25) is 0 Å². The quantitative estimate of drug-likeness (QED) is 0.352. The van der Waals surface area contributed by atoms with E-state index in [0.29, 0.717) is 43.7 Å². The van der Waals surface area contributed by atoms with Crippen LogP contribution in [0.25, 0.3) is 11.3 Å². The van der Waals surface area contributed by atoms with Crippen molar-refractivity contribution >= 4 is 28.1 Å². The van der Waals surface area contributed by atoms with Crippen LogP contribution in [0.3, 0.4) is 0 Å². The SMILES string of the molecule is CCCCS(=O)c1cc(F)c(-c2nc(C(=O)Nc3cnc4c(c3N3CCCC(N)C3)CCC4O)ccc2F)c(F)c1. The summed E-state index contributed by atoms with van der Waals surface area (Å²) in [5.41, 5.74) is 7.02. The number of benzene rings is 1. The Kier molecular flexibility index (Phi) is 8.71. The zero-order chi connectivity index (χ0) is 29.3. The number of rotatable bonds is 8. The first-order valence-corrected chi connectivity index (χ1v) is 15.1. The van der Waals surface area contributed by atoms with Gasteiger partial charge >= 0.3 is 0 Å². The molecule has 0 bridgehead atoms. The number of fused-ring (bicyclic) bond motifs is 1. The van der Waals surface area contributed by atoms with Crippen molar-refractivity contribution < 1.29 is 27.3 Å². The second-order valence-corrected chi connectivity index (χ2v) is 12.0. The Balaban J connectivity index is 1.47. The maximum Gasteiger partial charge on any atom is 0.274 e. The maximum absolute atomic E-state index is 15.1. The van der Waals surface area contributed by atoms with Gasteiger partial charge in [-0.3, -0.25) is 14.0 Å². The normalized spacial score (nSPS) is 19.2. The van der Waals surface area contributed by atoms with Crippen LogP contribution in [0.1, 0.15) is 66.9 Å². The van der Waals surface area contributed by atoms with Gasteiger partial charge in [-0.15, -0.1) is 0 Å². The molecule has 218 valence electrons. The van der Waals surface area contributed by atoms with E-state index >= 15 is 8.78 Å². The fourth-order valence-electron chi connectivity index (χ4n) is 5.41. The number of pyridine rings is 2. The first-order valence-electron chi connectivity index (χ1n) is 13.7. The van der Waals surface area contributed by atoms with Crippen molar-refractivity contribution in [2.75, 3.05) is 29.1 Å². The van der Waals surface area contributed by atoms with E-state index < -0.39 is 51.5 Å². The minimum absolute atomic E-state index is 0.0364. The molecule has 1 aliphatic carbocycles. The van der Waals surface area contributed by atoms with Crippen LogP contribution < -0.4 is 16.0 Å². The molecule has 41 heavy (non-hydrogen) atoms. The fraction of sp³-hybridized carbons (Fsp3) is 0.414. The Morgan fingerprint density at radius 1 is 1.20 bits per heavy atom. The van der Waals surface area contributed by atoms with Gasteiger partial charge in [0.1, 0.15) is 28.8 Å². The number of carbonyl (C=O) groups is 1. The Morgan fingerprint density at radius 3 is 2.66 bits per heavy atom. The molecule has 5 rings (SSSR count). The summed E-state index contributed by atoms with van der Waals surface area (Å²) in [6.07, 6.45) is 4.98. The number of amides is 1. The van der Waals surface area contributed by atoms with E-state index in [0.717, 1.165) is 54.8 Å². The van der Waals surface area contributed by atoms with E-state index in [9.17, 15) is 18.5 Å². The number of hydrogen-bond acceptors (Lipinski definition) is 7. The number of hydrogen-bond donors (Lipinski definition) is 3. The van der Waals surface area contributed by atoms with Gasteiger partial charge in [0.05, 0.1) is 45.7 Å². The van der Waals surface area contributed by atoms with Crippen LogP contribution in [0.5, 0.6) is 0 Å². The van der Waals surface area contributed by atoms with Crippen LogP contribution in [-0.2, 0) is 17.2 Å². The predicted molar refractivity (Wildman–Crippen MR) is 151 cm³/mol. The molecule has 0 saturated carbocycles. The lowest BCUT2D eigenvalue weighted by Crippen LogP contribution is -2.43. The van der Waals surface area contributed by atoms with Crippen molar-refractivity contribution in [3.8, 4) is 11.3 Å². The molecule has 1 fully saturated rings. The number of nitrogens with one attached hydrogen (secondary N) is 1. The summed E-state index contributed by atoms with van der Waals surface area (Å²) in [5.74, 6) is -3.75. The topological polar surface area (TPSA) is 121 Å². The van der Waals surface area contributed by atoms with Gasteiger partial charge in [-0.2, -0.15) is 0 Å². The molecule has 2 aromatic heterocycles. The monoisotopic (exact) mass is 587 g/mol. The van der Waals surface area contributed by atoms with Crippen LogP contribution in [0.15, 0.2) is 35.4 Å². The highest BCUT2D eigenvalue weighted by Crippen LogP contribution is 2.41. The van der Waals surface area contributed by atoms with E-state index in [1.807, 2.05) is 6.92 Å². The largest absolute Gasteiger partial charge is 0.387 e. The number of unbranched alkanes of at least 4 members (excludes halogenated alkanes) is 1. The molecule has 0 radical (unpaired) electrons. The summed E-state index contributed by atoms with van der Waals surface area (Å²) in [6, 6.07) is 3.82. The number of nitrogens with zero attached hydrogens (tertiary/aromatic N) is 3. The van der Waals surface area contributed by atoms with Crippen molar-refractivity contribution in [2.45, 2.75) is 62.5 Å². The Labute approximate surface area is 238 Å². The van der Waals surface area contributed by atoms with E-state index in [4.69, 9.17) is 5.73 Å². The van der Waals surface area contributed by atoms with Crippen LogP contribution in [0, 0.1) is 17.5 Å². The minimum atomic E-state index is -1.61. The lowest BCUT2D eigenvalue weighted by molar-refractivity contribution is 0.102. The minimum Gasteiger partial charge on any atom is -0.387 e. The van der Waals surface area contributed by atoms with Crippen LogP contribution >= 0.6 is 0 Å². The summed E-state index contributed by atoms with van der Waals surface area (Å²) in [5, 5.41) is 13.2. The third-order valence-corrected chi connectivity index (χ3v) is 8.89. The van der Waals surface area contributed by atoms with Crippen molar-refractivity contribution in [2.24, 2.45) is 5.73 Å². The van der Waals surface area contributed by atoms with Crippen LogP contribution in [-0.4, -0.2) is 50.1 Å². The predicted octanol–water partition coefficient (Wildman–Crippen LogP) is 4.63. The molecule has 12 heteroatoms. The molecule has 2 aliphatic rings. The zero-order valence-corrected chi connectivity index (χ0v) is 23.4. The molecule has 3 atom stereocenters. The van der Waals surface area contributed by atoms with Gasteiger partial charge in [-0.05, 0) is 56.4 Å². The summed E-state index contributed by atoms with van der Waals surface area (Å²) >= 11 is 0. The van der Waals surface area contributed by atoms with Gasteiger partial charge in [-0.1, -0.05) is 13.3 Å². The van der Waals surface area contributed by atoms with E-state index in [-0.39, 0.29) is 22.4 Å². The lowest BCUT2D eigenvalue weighted by atomic mass is 10.0. The smallest absolute Gasteiger partial charge is 0.274 e. The first-order chi connectivity index (χ1) is 19.7. The van der Waals surface area contributed by atoms with Gasteiger partial charge in [0.25, 0.3) is 5.91 Å². The molecule has 3 aromatic rings. The zero-order valence-electron chi connectivity index (χ0n) is 22.6. The number of halogens is 3. The molecular formula is C29H32F3N5O3S. The standard InChI is InChI=1S/C29H32F3N5O3S/c1-2-3-11-41(40)17-12-20(31)25(21(32)13-17)27-19(30)7-8-22(35-27)29(39)36-23-14-34-26-18(6-9-24(26)38)28(23)37-10-4-5-16(33)15-37/h7-8,12-14,16,24,38H,2-6,9-11,15,33H2,1H3,(H,36,39). The summed E-state index contributed by atoms with van der Waals surface area (Å²) < 4.78 is 57.3. The van der Waals surface area contributed by atoms with E-state index in [1.54, 1.807) is 0 Å². The van der Waals surface area contributed by atoms with Crippen LogP contribution in [0.4, 0.5) is 24.5 Å². The first kappa shape index (κ1) is 29.2. The second-order valence-electron chi connectivity index (χ2n) is 10.4. The van der Waals surface area contributed by atoms with E-state index in [1.165, 1.54) is 6.20 Å². The number of aromatic nitrogens is 2. The summed E-state index contributed by atoms with van der Waals surface area (Å²) in [4.78, 5) is 23.7. The third-order valence-electron chi connectivity index (χ3n) is 7.47. The Hall–Kier alpha value is -3.35. The second kappa shape index (κ2) is 12.3. The molecule has 1 aliphatic heterocycles. The number of piperidine rings is 1. The average Bonchev–Trinajstić information content (AvgIpc) is 3.32. The number of aliphatic hydroxyl groups excluding tert-OH is 1. The van der Waals surface area contributed by atoms with Gasteiger partial charge in [0, 0.05) is 35.3 Å². The molecule has 4 N–H and O–H groups in total. The van der Waals surface area contributed by atoms with Gasteiger partial charge in [0.15, 0.2) is 0 Å². The molecular weight excluding hydrogens is 555 g/mol. The molecule has 1 amide bonds. The van der Waals surface area contributed by atoms with Crippen molar-refractivity contribution in [1.82, 2.24) is 9.97 Å². The number of anilines is 2. The Morgan fingerprint density at radius 2 is 1.95 bits per heavy atom. The Bertz CT molecular complexity index is 1480. The molecule has 3 heterocycles. The summed E-state index contributed by atoms with van der Waals surface area (Å²) in [6.45, 7) is 3.18. The molecule has 3 unspecified atom stereocenters. The number of aliphatic hydroxyl groups is 1. The van der Waals surface area contributed by atoms with Gasteiger partial charge < -0.3 is 21.1 Å². The highest BCUT2D eigenvalue weighted by molar-refractivity contribution is 7.85. The highest BCUT2D eigenvalue weighted by Gasteiger charge is 2.31. The van der Waals surface area contributed by atoms with Crippen molar-refractivity contribution in [3.63, 3.8) is 0 Å². The maximum atomic E-state index is 15.1. The lowest BCUT2D eigenvalue weighted by Gasteiger charge is -2.35. The average molecular weight is 588 g/mol. The molecule has 1 saturated heterocycles. The van der Waals surface area contributed by atoms with Crippen molar-refractivity contribution in [3.05, 3.63) is 64.9 Å². The third kappa shape index (κ3) is 6.00. The number of nitrogens with two attached hydrogens (primary N) is 1. The molecule has 1 aromatic carbocycles. The fourth-order valence-corrected chi connectivity index (χ4v) is 6.66.